The van der Waals surface area contributed by atoms with Gasteiger partial charge in [-0.05, 0) is 32.2 Å². The van der Waals surface area contributed by atoms with Crippen molar-refractivity contribution in [3.63, 3.8) is 0 Å². The molecule has 0 amide bonds. The molecular weight excluding hydrogens is 244 g/mol. The second-order valence-corrected chi connectivity index (χ2v) is 5.06. The molecule has 2 aromatic heterocycles. The van der Waals surface area contributed by atoms with Crippen molar-refractivity contribution in [3.05, 3.63) is 22.4 Å². The number of nitrogens with one attached hydrogen (secondary N) is 1. The fourth-order valence-corrected chi connectivity index (χ4v) is 2.76. The average Bonchev–Trinajstić information content (AvgIpc) is 2.97. The van der Waals surface area contributed by atoms with Gasteiger partial charge in [-0.1, -0.05) is 0 Å². The predicted molar refractivity (Wildman–Crippen MR) is 72.3 cm³/mol. The van der Waals surface area contributed by atoms with Crippen LogP contribution in [0, 0.1) is 12.8 Å². The van der Waals surface area contributed by atoms with Gasteiger partial charge in [0, 0.05) is 19.2 Å². The van der Waals surface area contributed by atoms with Gasteiger partial charge in [0.1, 0.15) is 11.6 Å². The van der Waals surface area contributed by atoms with Crippen molar-refractivity contribution >= 4 is 11.5 Å². The number of aromatic amines is 1. The van der Waals surface area contributed by atoms with E-state index >= 15 is 0 Å². The third-order valence-electron chi connectivity index (χ3n) is 3.74. The van der Waals surface area contributed by atoms with Crippen LogP contribution in [0.4, 0.5) is 5.82 Å². The molecule has 0 radical (unpaired) electrons. The summed E-state index contributed by atoms with van der Waals surface area (Å²) < 4.78 is 1.48. The van der Waals surface area contributed by atoms with Crippen LogP contribution in [-0.4, -0.2) is 39.2 Å². The quantitative estimate of drug-likeness (QED) is 0.806. The molecule has 3 rings (SSSR count). The molecule has 1 saturated heterocycles. The van der Waals surface area contributed by atoms with E-state index in [0.717, 1.165) is 38.3 Å². The molecule has 0 aliphatic carbocycles. The van der Waals surface area contributed by atoms with Crippen LogP contribution in [0.5, 0.6) is 0 Å². The van der Waals surface area contributed by atoms with Crippen LogP contribution in [0.1, 0.15) is 18.7 Å². The SMILES string of the molecule is Cc1nc(N2CCC(CCN)C2)cc2n[nH]c(=O)n12. The van der Waals surface area contributed by atoms with Crippen LogP contribution in [0.2, 0.25) is 0 Å². The summed E-state index contributed by atoms with van der Waals surface area (Å²) in [5, 5.41) is 6.45. The second-order valence-electron chi connectivity index (χ2n) is 5.06. The Morgan fingerprint density at radius 3 is 3.21 bits per heavy atom. The number of aryl methyl sites for hydroxylation is 1. The van der Waals surface area contributed by atoms with Crippen molar-refractivity contribution in [2.75, 3.05) is 24.5 Å². The molecule has 7 heteroatoms. The minimum atomic E-state index is -0.242. The molecule has 0 bridgehead atoms. The van der Waals surface area contributed by atoms with Crippen LogP contribution in [0.3, 0.4) is 0 Å². The van der Waals surface area contributed by atoms with Crippen LogP contribution in [0.15, 0.2) is 10.9 Å². The molecule has 1 unspecified atom stereocenters. The zero-order valence-corrected chi connectivity index (χ0v) is 11.0. The Balaban J connectivity index is 1.92. The summed E-state index contributed by atoms with van der Waals surface area (Å²) in [6.07, 6.45) is 2.20. The first-order valence-corrected chi connectivity index (χ1v) is 6.59. The highest BCUT2D eigenvalue weighted by atomic mass is 16.1. The number of hydrogen-bond donors (Lipinski definition) is 2. The molecule has 102 valence electrons. The van der Waals surface area contributed by atoms with Gasteiger partial charge in [-0.3, -0.25) is 0 Å². The summed E-state index contributed by atoms with van der Waals surface area (Å²) >= 11 is 0. The van der Waals surface area contributed by atoms with E-state index in [1.807, 2.05) is 13.0 Å². The van der Waals surface area contributed by atoms with E-state index in [2.05, 4.69) is 20.1 Å². The molecule has 3 heterocycles. The van der Waals surface area contributed by atoms with Gasteiger partial charge in [0.25, 0.3) is 0 Å². The average molecular weight is 262 g/mol. The second kappa shape index (κ2) is 4.65. The van der Waals surface area contributed by atoms with E-state index in [9.17, 15) is 4.79 Å². The number of hydrogen-bond acceptors (Lipinski definition) is 5. The van der Waals surface area contributed by atoms with Gasteiger partial charge >= 0.3 is 5.69 Å². The van der Waals surface area contributed by atoms with E-state index < -0.39 is 0 Å². The van der Waals surface area contributed by atoms with E-state index in [-0.39, 0.29) is 5.69 Å². The first kappa shape index (κ1) is 12.2. The van der Waals surface area contributed by atoms with Gasteiger partial charge in [-0.15, -0.1) is 0 Å². The van der Waals surface area contributed by atoms with Crippen LogP contribution < -0.4 is 16.3 Å². The van der Waals surface area contributed by atoms with Crippen LogP contribution in [0.25, 0.3) is 5.65 Å². The Hall–Kier alpha value is -1.89. The smallest absolute Gasteiger partial charge is 0.349 e. The molecule has 7 nitrogen and oxygen atoms in total. The Morgan fingerprint density at radius 2 is 2.42 bits per heavy atom. The zero-order valence-electron chi connectivity index (χ0n) is 11.0. The standard InChI is InChI=1S/C12H18N6O/c1-8-14-10(6-11-15-16-12(19)18(8)11)17-5-3-9(7-17)2-4-13/h6,9H,2-5,7,13H2,1H3,(H,16,19). The first-order chi connectivity index (χ1) is 9.19. The van der Waals surface area contributed by atoms with E-state index in [4.69, 9.17) is 5.73 Å². The maximum atomic E-state index is 11.5. The normalized spacial score (nSPS) is 19.5. The number of fused-ring (bicyclic) bond motifs is 1. The van der Waals surface area contributed by atoms with Gasteiger partial charge in [0.05, 0.1) is 0 Å². The van der Waals surface area contributed by atoms with Crippen LogP contribution >= 0.6 is 0 Å². The minimum absolute atomic E-state index is 0.242. The van der Waals surface area contributed by atoms with Crippen molar-refractivity contribution in [1.29, 1.82) is 0 Å². The lowest BCUT2D eigenvalue weighted by Crippen LogP contribution is -2.23. The number of anilines is 1. The topological polar surface area (TPSA) is 92.3 Å². The maximum absolute atomic E-state index is 11.5. The lowest BCUT2D eigenvalue weighted by molar-refractivity contribution is 0.546. The Kier molecular flexibility index (Phi) is 2.98. The van der Waals surface area contributed by atoms with Crippen LogP contribution in [-0.2, 0) is 0 Å². The molecular formula is C12H18N6O. The first-order valence-electron chi connectivity index (χ1n) is 6.59. The predicted octanol–water partition coefficient (Wildman–Crippen LogP) is -0.0989. The van der Waals surface area contributed by atoms with Gasteiger partial charge < -0.3 is 10.6 Å². The molecule has 1 aliphatic rings. The summed E-state index contributed by atoms with van der Waals surface area (Å²) in [5.41, 5.74) is 5.99. The number of nitrogens with two attached hydrogens (primary N) is 1. The fraction of sp³-hybridized carbons (Fsp3) is 0.583. The Labute approximate surface area is 110 Å². The number of H-pyrrole nitrogens is 1. The lowest BCUT2D eigenvalue weighted by Gasteiger charge is -2.18. The molecule has 0 saturated carbocycles. The van der Waals surface area contributed by atoms with E-state index in [1.54, 1.807) is 0 Å². The van der Waals surface area contributed by atoms with E-state index in [0.29, 0.717) is 17.4 Å². The minimum Gasteiger partial charge on any atom is -0.356 e. The lowest BCUT2D eigenvalue weighted by atomic mass is 10.1. The number of aromatic nitrogens is 4. The molecule has 0 aromatic carbocycles. The summed E-state index contributed by atoms with van der Waals surface area (Å²) in [6.45, 7) is 4.52. The molecule has 1 aliphatic heterocycles. The third kappa shape index (κ3) is 2.10. The van der Waals surface area contributed by atoms with Gasteiger partial charge in [-0.2, -0.15) is 5.10 Å². The number of rotatable bonds is 3. The highest BCUT2D eigenvalue weighted by Gasteiger charge is 2.23. The van der Waals surface area contributed by atoms with Crippen molar-refractivity contribution in [2.24, 2.45) is 11.7 Å². The highest BCUT2D eigenvalue weighted by molar-refractivity contribution is 5.51. The molecule has 1 fully saturated rings. The molecule has 2 aromatic rings. The molecule has 0 spiro atoms. The molecule has 1 atom stereocenters. The van der Waals surface area contributed by atoms with Crippen molar-refractivity contribution in [2.45, 2.75) is 19.8 Å². The Bertz CT molecular complexity index is 645. The maximum Gasteiger partial charge on any atom is 0.349 e. The number of nitrogens with zero attached hydrogens (tertiary/aromatic N) is 4. The van der Waals surface area contributed by atoms with Crippen molar-refractivity contribution in [3.8, 4) is 0 Å². The van der Waals surface area contributed by atoms with E-state index in [1.165, 1.54) is 4.40 Å². The van der Waals surface area contributed by atoms with Crippen molar-refractivity contribution in [1.82, 2.24) is 19.6 Å². The summed E-state index contributed by atoms with van der Waals surface area (Å²) in [6, 6.07) is 1.86. The van der Waals surface area contributed by atoms with Gasteiger partial charge in [0.15, 0.2) is 5.65 Å². The Morgan fingerprint density at radius 1 is 1.58 bits per heavy atom. The van der Waals surface area contributed by atoms with Gasteiger partial charge in [-0.25, -0.2) is 19.3 Å². The molecule has 19 heavy (non-hydrogen) atoms. The van der Waals surface area contributed by atoms with Crippen molar-refractivity contribution < 1.29 is 0 Å². The third-order valence-corrected chi connectivity index (χ3v) is 3.74. The molecule has 3 N–H and O–H groups in total. The fourth-order valence-electron chi connectivity index (χ4n) is 2.76. The summed E-state index contributed by atoms with van der Waals surface area (Å²) in [4.78, 5) is 18.3. The highest BCUT2D eigenvalue weighted by Crippen LogP contribution is 2.24. The van der Waals surface area contributed by atoms with Gasteiger partial charge in [0.2, 0.25) is 0 Å². The largest absolute Gasteiger partial charge is 0.356 e. The monoisotopic (exact) mass is 262 g/mol. The zero-order chi connectivity index (χ0) is 13.4. The summed E-state index contributed by atoms with van der Waals surface area (Å²) in [7, 11) is 0. The summed E-state index contributed by atoms with van der Waals surface area (Å²) in [5.74, 6) is 2.20.